The second-order valence-corrected chi connectivity index (χ2v) is 9.25. The van der Waals surface area contributed by atoms with Crippen LogP contribution >= 0.6 is 11.6 Å². The van der Waals surface area contributed by atoms with Gasteiger partial charge in [0.15, 0.2) is 0 Å². The zero-order valence-electron chi connectivity index (χ0n) is 19.9. The van der Waals surface area contributed by atoms with Crippen molar-refractivity contribution in [2.24, 2.45) is 7.05 Å². The van der Waals surface area contributed by atoms with Crippen molar-refractivity contribution in [3.05, 3.63) is 100 Å². The van der Waals surface area contributed by atoms with Crippen LogP contribution in [0.4, 0.5) is 0 Å². The number of imidazole rings is 1. The van der Waals surface area contributed by atoms with E-state index in [-0.39, 0.29) is 5.69 Å². The molecule has 0 spiro atoms. The van der Waals surface area contributed by atoms with Crippen molar-refractivity contribution < 1.29 is 4.74 Å². The minimum Gasteiger partial charge on any atom is -0.384 e. The van der Waals surface area contributed by atoms with Crippen LogP contribution in [0.3, 0.4) is 0 Å². The molecule has 0 N–H and O–H groups in total. The summed E-state index contributed by atoms with van der Waals surface area (Å²) in [7, 11) is 3.43. The number of hydrogen-bond donors (Lipinski definition) is 0. The first kappa shape index (κ1) is 22.5. The molecule has 0 aliphatic rings. The third-order valence-corrected chi connectivity index (χ3v) is 6.96. The van der Waals surface area contributed by atoms with Crippen LogP contribution < -0.4 is 5.69 Å². The molecule has 3 heterocycles. The van der Waals surface area contributed by atoms with E-state index in [2.05, 4.69) is 28.2 Å². The van der Waals surface area contributed by atoms with E-state index in [0.717, 1.165) is 56.0 Å². The number of pyridine rings is 2. The molecule has 3 aromatic carbocycles. The van der Waals surface area contributed by atoms with Gasteiger partial charge in [-0.15, -0.1) is 0 Å². The second kappa shape index (κ2) is 8.90. The van der Waals surface area contributed by atoms with E-state index in [9.17, 15) is 4.79 Å². The van der Waals surface area contributed by atoms with Gasteiger partial charge in [-0.25, -0.2) is 4.79 Å². The van der Waals surface area contributed by atoms with Crippen molar-refractivity contribution in [1.82, 2.24) is 19.1 Å². The molecule has 0 aliphatic carbocycles. The molecule has 0 saturated carbocycles. The first-order valence-corrected chi connectivity index (χ1v) is 12.1. The van der Waals surface area contributed by atoms with Crippen molar-refractivity contribution in [2.75, 3.05) is 13.7 Å². The quantitative estimate of drug-likeness (QED) is 0.298. The normalized spacial score (nSPS) is 11.6. The Hall–Kier alpha value is -4.00. The van der Waals surface area contributed by atoms with Crippen molar-refractivity contribution >= 4 is 44.4 Å². The number of nitrogens with zero attached hydrogens (tertiary/aromatic N) is 4. The van der Waals surface area contributed by atoms with Crippen molar-refractivity contribution in [2.45, 2.75) is 6.42 Å². The number of hydrogen-bond acceptors (Lipinski definition) is 4. The molecular weight excluding hydrogens is 472 g/mol. The van der Waals surface area contributed by atoms with Crippen LogP contribution in [0.2, 0.25) is 5.02 Å². The van der Waals surface area contributed by atoms with Gasteiger partial charge in [-0.3, -0.25) is 19.1 Å². The first-order chi connectivity index (χ1) is 17.5. The van der Waals surface area contributed by atoms with E-state index in [0.29, 0.717) is 17.3 Å². The number of aromatic nitrogens is 4. The maximum absolute atomic E-state index is 13.5. The zero-order chi connectivity index (χ0) is 24.8. The molecule has 6 rings (SSSR count). The highest BCUT2D eigenvalue weighted by Crippen LogP contribution is 2.32. The van der Waals surface area contributed by atoms with E-state index in [1.165, 1.54) is 0 Å². The van der Waals surface area contributed by atoms with Gasteiger partial charge in [-0.05, 0) is 53.9 Å². The average molecular weight is 495 g/mol. The standard InChI is InChI=1S/C29H23ClN4O2/c1-33-27-17-32-25-9-8-19(21-14-20-5-3-4-6-24(20)31-16-21)15-22(25)28(27)34(29(33)35)26-10-7-18(11-12-36-2)13-23(26)30/h3-10,13-17H,11-12H2,1-2H3. The van der Waals surface area contributed by atoms with Crippen LogP contribution in [0.25, 0.3) is 49.7 Å². The summed E-state index contributed by atoms with van der Waals surface area (Å²) in [6.07, 6.45) is 4.37. The molecule has 0 radical (unpaired) electrons. The first-order valence-electron chi connectivity index (χ1n) is 11.7. The summed E-state index contributed by atoms with van der Waals surface area (Å²) >= 11 is 6.72. The van der Waals surface area contributed by atoms with Crippen molar-refractivity contribution in [3.63, 3.8) is 0 Å². The van der Waals surface area contributed by atoms with Gasteiger partial charge in [0.1, 0.15) is 0 Å². The largest absolute Gasteiger partial charge is 0.384 e. The van der Waals surface area contributed by atoms with E-state index >= 15 is 0 Å². The van der Waals surface area contributed by atoms with Gasteiger partial charge in [0.2, 0.25) is 0 Å². The Morgan fingerprint density at radius 3 is 2.58 bits per heavy atom. The Kier molecular flexibility index (Phi) is 5.55. The van der Waals surface area contributed by atoms with Crippen molar-refractivity contribution in [3.8, 4) is 16.8 Å². The van der Waals surface area contributed by atoms with Gasteiger partial charge in [0.25, 0.3) is 0 Å². The van der Waals surface area contributed by atoms with Gasteiger partial charge >= 0.3 is 5.69 Å². The molecule has 6 aromatic rings. The Bertz CT molecular complexity index is 1840. The number of methoxy groups -OCH3 is 1. The van der Waals surface area contributed by atoms with E-state index in [1.54, 1.807) is 29.5 Å². The summed E-state index contributed by atoms with van der Waals surface area (Å²) in [6.45, 7) is 0.604. The topological polar surface area (TPSA) is 61.9 Å². The lowest BCUT2D eigenvalue weighted by Gasteiger charge is -2.11. The summed E-state index contributed by atoms with van der Waals surface area (Å²) < 4.78 is 8.48. The number of rotatable bonds is 5. The molecule has 36 heavy (non-hydrogen) atoms. The molecule has 178 valence electrons. The van der Waals surface area contributed by atoms with Crippen LogP contribution in [0.5, 0.6) is 0 Å². The summed E-state index contributed by atoms with van der Waals surface area (Å²) in [5.74, 6) is 0. The average Bonchev–Trinajstić information content (AvgIpc) is 3.17. The number of ether oxygens (including phenoxy) is 1. The minimum absolute atomic E-state index is 0.177. The van der Waals surface area contributed by atoms with Crippen LogP contribution in [0, 0.1) is 0 Å². The van der Waals surface area contributed by atoms with E-state index < -0.39 is 0 Å². The fourth-order valence-electron chi connectivity index (χ4n) is 4.74. The lowest BCUT2D eigenvalue weighted by atomic mass is 10.0. The molecule has 0 bridgehead atoms. The molecular formula is C29H23ClN4O2. The zero-order valence-corrected chi connectivity index (χ0v) is 20.7. The molecule has 0 aliphatic heterocycles. The Morgan fingerprint density at radius 1 is 0.917 bits per heavy atom. The van der Waals surface area contributed by atoms with Gasteiger partial charge in [-0.1, -0.05) is 41.9 Å². The molecule has 7 heteroatoms. The summed E-state index contributed by atoms with van der Waals surface area (Å²) in [6, 6.07) is 22.1. The molecule has 3 aromatic heterocycles. The predicted octanol–water partition coefficient (Wildman–Crippen LogP) is 5.93. The maximum Gasteiger partial charge on any atom is 0.333 e. The number of halogens is 1. The number of benzene rings is 3. The molecule has 0 saturated heterocycles. The SMILES string of the molecule is COCCc1ccc(-n2c(=O)n(C)c3cnc4ccc(-c5cnc6ccccc6c5)cc4c32)c(Cl)c1. The Balaban J connectivity index is 1.59. The summed E-state index contributed by atoms with van der Waals surface area (Å²) in [4.78, 5) is 22.7. The number of fused-ring (bicyclic) bond motifs is 4. The maximum atomic E-state index is 13.5. The molecule has 0 unspecified atom stereocenters. The molecule has 0 amide bonds. The molecule has 0 fully saturated rings. The van der Waals surface area contributed by atoms with Crippen molar-refractivity contribution in [1.29, 1.82) is 0 Å². The highest BCUT2D eigenvalue weighted by molar-refractivity contribution is 6.32. The highest BCUT2D eigenvalue weighted by Gasteiger charge is 2.18. The van der Waals surface area contributed by atoms with Crippen LogP contribution in [0.15, 0.2) is 83.9 Å². The summed E-state index contributed by atoms with van der Waals surface area (Å²) in [5.41, 5.74) is 6.77. The lowest BCUT2D eigenvalue weighted by Crippen LogP contribution is -2.21. The van der Waals surface area contributed by atoms with E-state index in [4.69, 9.17) is 16.3 Å². The predicted molar refractivity (Wildman–Crippen MR) is 145 cm³/mol. The number of aryl methyl sites for hydroxylation is 1. The van der Waals surface area contributed by atoms with Crippen LogP contribution in [-0.4, -0.2) is 32.8 Å². The highest BCUT2D eigenvalue weighted by atomic mass is 35.5. The van der Waals surface area contributed by atoms with Gasteiger partial charge < -0.3 is 4.74 Å². The number of para-hydroxylation sites is 1. The van der Waals surface area contributed by atoms with E-state index in [1.807, 2.05) is 54.7 Å². The fraction of sp³-hybridized carbons (Fsp3) is 0.138. The van der Waals surface area contributed by atoms with Crippen LogP contribution in [-0.2, 0) is 18.2 Å². The Morgan fingerprint density at radius 2 is 1.75 bits per heavy atom. The van der Waals surface area contributed by atoms with Gasteiger partial charge in [0.05, 0.1) is 45.6 Å². The Labute approximate surface area is 212 Å². The molecule has 0 atom stereocenters. The molecule has 6 nitrogen and oxygen atoms in total. The minimum atomic E-state index is -0.177. The third-order valence-electron chi connectivity index (χ3n) is 6.66. The summed E-state index contributed by atoms with van der Waals surface area (Å²) in [5, 5.41) is 2.46. The van der Waals surface area contributed by atoms with Gasteiger partial charge in [0, 0.05) is 36.7 Å². The van der Waals surface area contributed by atoms with Gasteiger partial charge in [-0.2, -0.15) is 0 Å². The smallest absolute Gasteiger partial charge is 0.333 e. The lowest BCUT2D eigenvalue weighted by molar-refractivity contribution is 0.202. The van der Waals surface area contributed by atoms with Crippen LogP contribution in [0.1, 0.15) is 5.56 Å². The second-order valence-electron chi connectivity index (χ2n) is 8.85. The monoisotopic (exact) mass is 494 g/mol. The fourth-order valence-corrected chi connectivity index (χ4v) is 5.02. The third kappa shape index (κ3) is 3.66.